The van der Waals surface area contributed by atoms with Gasteiger partial charge in [-0.25, -0.2) is 0 Å². The van der Waals surface area contributed by atoms with Crippen molar-refractivity contribution in [3.8, 4) is 5.75 Å². The van der Waals surface area contributed by atoms with Crippen LogP contribution in [0, 0.1) is 0 Å². The second-order valence-electron chi connectivity index (χ2n) is 8.56. The number of aliphatic hydroxyl groups excluding tert-OH is 1. The van der Waals surface area contributed by atoms with Crippen LogP contribution in [0.2, 0.25) is 18.1 Å². The Labute approximate surface area is 161 Å². The number of rotatable bonds is 11. The first-order valence-corrected chi connectivity index (χ1v) is 12.5. The summed E-state index contributed by atoms with van der Waals surface area (Å²) in [5.41, 5.74) is 1.14. The van der Waals surface area contributed by atoms with Gasteiger partial charge in [0.15, 0.2) is 8.32 Å². The topological polar surface area (TPSA) is 47.9 Å². The predicted molar refractivity (Wildman–Crippen MR) is 110 cm³/mol. The van der Waals surface area contributed by atoms with E-state index in [2.05, 4.69) is 40.8 Å². The molecule has 0 radical (unpaired) electrons. The number of hydrogen-bond acceptors (Lipinski definition) is 4. The maximum Gasteiger partial charge on any atom is 0.192 e. The molecule has 1 rings (SSSR count). The van der Waals surface area contributed by atoms with Gasteiger partial charge in [-0.2, -0.15) is 0 Å². The van der Waals surface area contributed by atoms with Crippen molar-refractivity contribution in [3.05, 3.63) is 29.8 Å². The maximum atomic E-state index is 9.39. The molecule has 1 aromatic carbocycles. The first-order chi connectivity index (χ1) is 12.1. The number of aliphatic hydroxyl groups is 1. The van der Waals surface area contributed by atoms with Gasteiger partial charge in [-0.1, -0.05) is 32.9 Å². The van der Waals surface area contributed by atoms with Crippen molar-refractivity contribution in [1.82, 2.24) is 0 Å². The van der Waals surface area contributed by atoms with E-state index in [0.717, 1.165) is 24.2 Å². The molecule has 0 bridgehead atoms. The predicted octanol–water partition coefficient (Wildman–Crippen LogP) is 5.15. The molecule has 1 unspecified atom stereocenters. The molecular weight excluding hydrogens is 344 g/mol. The minimum Gasteiger partial charge on any atom is -0.497 e. The Hall–Kier alpha value is -0.883. The highest BCUT2D eigenvalue weighted by Crippen LogP contribution is 2.38. The number of methoxy groups -OCH3 is 1. The van der Waals surface area contributed by atoms with Crippen LogP contribution >= 0.6 is 0 Å². The molecule has 1 N–H and O–H groups in total. The highest BCUT2D eigenvalue weighted by Gasteiger charge is 2.38. The summed E-state index contributed by atoms with van der Waals surface area (Å²) in [4.78, 5) is 0. The van der Waals surface area contributed by atoms with Gasteiger partial charge in [0, 0.05) is 12.7 Å². The van der Waals surface area contributed by atoms with Gasteiger partial charge in [0.25, 0.3) is 0 Å². The van der Waals surface area contributed by atoms with Gasteiger partial charge in [-0.3, -0.25) is 0 Å². The second kappa shape index (κ2) is 10.5. The molecule has 0 fully saturated rings. The molecule has 26 heavy (non-hydrogen) atoms. The average molecular weight is 383 g/mol. The smallest absolute Gasteiger partial charge is 0.192 e. The Morgan fingerprint density at radius 2 is 1.65 bits per heavy atom. The van der Waals surface area contributed by atoms with E-state index in [1.807, 2.05) is 24.3 Å². The van der Waals surface area contributed by atoms with Crippen LogP contribution in [0.25, 0.3) is 0 Å². The van der Waals surface area contributed by atoms with Crippen LogP contribution in [-0.4, -0.2) is 39.3 Å². The first kappa shape index (κ1) is 23.2. The third kappa shape index (κ3) is 7.78. The molecule has 0 aliphatic rings. The average Bonchev–Trinajstić information content (AvgIpc) is 2.57. The normalized spacial score (nSPS) is 14.9. The van der Waals surface area contributed by atoms with Crippen LogP contribution < -0.4 is 4.74 Å². The van der Waals surface area contributed by atoms with Crippen LogP contribution in [0.4, 0.5) is 0 Å². The van der Waals surface area contributed by atoms with E-state index in [9.17, 15) is 5.11 Å². The number of ether oxygens (including phenoxy) is 2. The monoisotopic (exact) mass is 382 g/mol. The SMILES string of the molecule is COc1ccc(COC(C)CC[C@@H](CCO)O[Si](C)(C)C(C)(C)C)cc1. The van der Waals surface area contributed by atoms with Crippen LogP contribution in [0.3, 0.4) is 0 Å². The van der Waals surface area contributed by atoms with Gasteiger partial charge in [0.2, 0.25) is 0 Å². The molecule has 0 saturated carbocycles. The van der Waals surface area contributed by atoms with Crippen LogP contribution in [-0.2, 0) is 15.8 Å². The quantitative estimate of drug-likeness (QED) is 0.537. The lowest BCUT2D eigenvalue weighted by Crippen LogP contribution is -2.44. The molecule has 2 atom stereocenters. The Morgan fingerprint density at radius 1 is 1.04 bits per heavy atom. The van der Waals surface area contributed by atoms with E-state index < -0.39 is 8.32 Å². The molecule has 150 valence electrons. The molecule has 0 heterocycles. The Kier molecular flexibility index (Phi) is 9.31. The van der Waals surface area contributed by atoms with Crippen LogP contribution in [0.1, 0.15) is 52.5 Å². The van der Waals surface area contributed by atoms with E-state index in [1.54, 1.807) is 7.11 Å². The lowest BCUT2D eigenvalue weighted by molar-refractivity contribution is 0.0339. The zero-order valence-corrected chi connectivity index (χ0v) is 18.7. The molecule has 0 amide bonds. The zero-order chi connectivity index (χ0) is 19.8. The fourth-order valence-electron chi connectivity index (χ4n) is 2.46. The molecule has 0 aliphatic heterocycles. The van der Waals surface area contributed by atoms with Gasteiger partial charge < -0.3 is 19.0 Å². The van der Waals surface area contributed by atoms with E-state index in [1.165, 1.54) is 0 Å². The minimum absolute atomic E-state index is 0.105. The highest BCUT2D eigenvalue weighted by molar-refractivity contribution is 6.74. The van der Waals surface area contributed by atoms with Gasteiger partial charge in [-0.15, -0.1) is 0 Å². The van der Waals surface area contributed by atoms with Crippen molar-refractivity contribution >= 4 is 8.32 Å². The van der Waals surface area contributed by atoms with Gasteiger partial charge in [0.1, 0.15) is 5.75 Å². The van der Waals surface area contributed by atoms with Crippen molar-refractivity contribution in [2.75, 3.05) is 13.7 Å². The van der Waals surface area contributed by atoms with Crippen molar-refractivity contribution in [3.63, 3.8) is 0 Å². The summed E-state index contributed by atoms with van der Waals surface area (Å²) in [7, 11) is -0.152. The van der Waals surface area contributed by atoms with E-state index >= 15 is 0 Å². The molecule has 1 aromatic rings. The summed E-state index contributed by atoms with van der Waals surface area (Å²) in [5.74, 6) is 0.858. The van der Waals surface area contributed by atoms with Crippen molar-refractivity contribution in [2.45, 2.75) is 83.9 Å². The fraction of sp³-hybridized carbons (Fsp3) is 0.714. The van der Waals surface area contributed by atoms with Gasteiger partial charge in [0.05, 0.1) is 19.8 Å². The fourth-order valence-corrected chi connectivity index (χ4v) is 3.89. The largest absolute Gasteiger partial charge is 0.497 e. The van der Waals surface area contributed by atoms with Gasteiger partial charge >= 0.3 is 0 Å². The Balaban J connectivity index is 2.46. The van der Waals surface area contributed by atoms with Crippen LogP contribution in [0.15, 0.2) is 24.3 Å². The maximum absolute atomic E-state index is 9.39. The van der Waals surface area contributed by atoms with E-state index in [4.69, 9.17) is 13.9 Å². The Bertz CT molecular complexity index is 508. The molecule has 0 aromatic heterocycles. The number of benzene rings is 1. The third-order valence-electron chi connectivity index (χ3n) is 5.31. The summed E-state index contributed by atoms with van der Waals surface area (Å²) in [6, 6.07) is 7.96. The second-order valence-corrected chi connectivity index (χ2v) is 13.3. The molecule has 0 aliphatic carbocycles. The van der Waals surface area contributed by atoms with Crippen LogP contribution in [0.5, 0.6) is 5.75 Å². The Morgan fingerprint density at radius 3 is 2.15 bits per heavy atom. The lowest BCUT2D eigenvalue weighted by Gasteiger charge is -2.39. The zero-order valence-electron chi connectivity index (χ0n) is 17.7. The standard InChI is InChI=1S/C21H38O4Si/c1-17(24-16-18-9-12-19(23-5)13-10-18)8-11-20(14-15-22)25-26(6,7)21(2,3)4/h9-10,12-13,17,20,22H,8,11,14-16H2,1-7H3/t17?,20-/m0/s1. The summed E-state index contributed by atoms with van der Waals surface area (Å²) in [6.07, 6.45) is 2.79. The number of hydrogen-bond donors (Lipinski definition) is 1. The third-order valence-corrected chi connectivity index (χ3v) is 9.84. The van der Waals surface area contributed by atoms with Crippen molar-refractivity contribution < 1.29 is 19.0 Å². The summed E-state index contributed by atoms with van der Waals surface area (Å²) >= 11 is 0. The first-order valence-electron chi connectivity index (χ1n) is 9.62. The molecule has 0 spiro atoms. The lowest BCUT2D eigenvalue weighted by atomic mass is 10.1. The summed E-state index contributed by atoms with van der Waals surface area (Å²) in [5, 5.41) is 9.57. The van der Waals surface area contributed by atoms with Crippen molar-refractivity contribution in [2.24, 2.45) is 0 Å². The molecular formula is C21H38O4Si. The van der Waals surface area contributed by atoms with E-state index in [0.29, 0.717) is 13.0 Å². The van der Waals surface area contributed by atoms with Crippen molar-refractivity contribution in [1.29, 1.82) is 0 Å². The minimum atomic E-state index is -1.82. The van der Waals surface area contributed by atoms with E-state index in [-0.39, 0.29) is 23.9 Å². The summed E-state index contributed by atoms with van der Waals surface area (Å²) < 4.78 is 17.6. The molecule has 4 nitrogen and oxygen atoms in total. The molecule has 5 heteroatoms. The summed E-state index contributed by atoms with van der Waals surface area (Å²) in [6.45, 7) is 14.1. The highest BCUT2D eigenvalue weighted by atomic mass is 28.4. The molecule has 0 saturated heterocycles. The van der Waals surface area contributed by atoms with Gasteiger partial charge in [-0.05, 0) is 62.0 Å².